The van der Waals surface area contributed by atoms with Crippen LogP contribution < -0.4 is 5.32 Å². The van der Waals surface area contributed by atoms with Gasteiger partial charge in [0.05, 0.1) is 6.04 Å². The van der Waals surface area contributed by atoms with E-state index in [1.54, 1.807) is 0 Å². The molecule has 1 atom stereocenters. The molecule has 0 aliphatic carbocycles. The number of carbonyl (C=O) groups is 1. The molecule has 0 amide bonds. The van der Waals surface area contributed by atoms with E-state index in [9.17, 15) is 4.79 Å². The fourth-order valence-corrected chi connectivity index (χ4v) is 1.90. The molecular formula is C12H11BrN2O3. The molecule has 1 aromatic carbocycles. The Hall–Kier alpha value is -1.82. The molecule has 5 nitrogen and oxygen atoms in total. The number of rotatable bonds is 4. The number of halogens is 1. The lowest BCUT2D eigenvalue weighted by Gasteiger charge is -2.12. The maximum Gasteiger partial charge on any atom is 0.357 e. The average Bonchev–Trinajstić information content (AvgIpc) is 2.77. The smallest absolute Gasteiger partial charge is 0.357 e. The van der Waals surface area contributed by atoms with Crippen LogP contribution in [0, 0.1) is 0 Å². The quantitative estimate of drug-likeness (QED) is 0.906. The first-order valence-electron chi connectivity index (χ1n) is 5.27. The molecule has 0 radical (unpaired) electrons. The van der Waals surface area contributed by atoms with Crippen LogP contribution in [-0.2, 0) is 0 Å². The number of anilines is 1. The molecule has 0 aliphatic heterocycles. The Labute approximate surface area is 112 Å². The lowest BCUT2D eigenvalue weighted by molar-refractivity contribution is 0.0690. The fraction of sp³-hybridized carbons (Fsp3) is 0.167. The minimum absolute atomic E-state index is 0.0391. The van der Waals surface area contributed by atoms with Gasteiger partial charge in [0.2, 0.25) is 0 Å². The molecular weight excluding hydrogens is 300 g/mol. The SMILES string of the molecule is CC(Nc1nc(C(=O)O)co1)c1cccc(Br)c1. The Balaban J connectivity index is 2.11. The second kappa shape index (κ2) is 5.22. The monoisotopic (exact) mass is 310 g/mol. The van der Waals surface area contributed by atoms with Crippen molar-refractivity contribution >= 4 is 27.9 Å². The van der Waals surface area contributed by atoms with E-state index in [-0.39, 0.29) is 17.8 Å². The third-order valence-corrected chi connectivity index (χ3v) is 2.91. The van der Waals surface area contributed by atoms with E-state index >= 15 is 0 Å². The molecule has 0 saturated heterocycles. The molecule has 18 heavy (non-hydrogen) atoms. The number of hydrogen-bond donors (Lipinski definition) is 2. The van der Waals surface area contributed by atoms with Crippen LogP contribution in [-0.4, -0.2) is 16.1 Å². The Morgan fingerprint density at radius 2 is 2.33 bits per heavy atom. The first-order valence-corrected chi connectivity index (χ1v) is 6.06. The zero-order valence-corrected chi connectivity index (χ0v) is 11.1. The molecule has 0 fully saturated rings. The predicted octanol–water partition coefficient (Wildman–Crippen LogP) is 3.31. The van der Waals surface area contributed by atoms with E-state index in [1.807, 2.05) is 31.2 Å². The van der Waals surface area contributed by atoms with Gasteiger partial charge in [-0.2, -0.15) is 4.98 Å². The van der Waals surface area contributed by atoms with Crippen molar-refractivity contribution in [2.45, 2.75) is 13.0 Å². The summed E-state index contributed by atoms with van der Waals surface area (Å²) in [4.78, 5) is 14.5. The van der Waals surface area contributed by atoms with Crippen molar-refractivity contribution in [3.63, 3.8) is 0 Å². The van der Waals surface area contributed by atoms with Crippen LogP contribution in [0.1, 0.15) is 29.0 Å². The third kappa shape index (κ3) is 2.89. The molecule has 0 aliphatic rings. The summed E-state index contributed by atoms with van der Waals surface area (Å²) < 4.78 is 6.01. The summed E-state index contributed by atoms with van der Waals surface area (Å²) in [6.07, 6.45) is 1.11. The van der Waals surface area contributed by atoms with Crippen molar-refractivity contribution in [3.05, 3.63) is 46.3 Å². The standard InChI is InChI=1S/C12H11BrN2O3/c1-7(8-3-2-4-9(13)5-8)14-12-15-10(6-18-12)11(16)17/h2-7H,1H3,(H,14,15)(H,16,17). The topological polar surface area (TPSA) is 75.4 Å². The molecule has 94 valence electrons. The number of nitrogens with zero attached hydrogens (tertiary/aromatic N) is 1. The van der Waals surface area contributed by atoms with Gasteiger partial charge in [-0.3, -0.25) is 0 Å². The highest BCUT2D eigenvalue weighted by molar-refractivity contribution is 9.10. The van der Waals surface area contributed by atoms with E-state index in [0.29, 0.717) is 0 Å². The van der Waals surface area contributed by atoms with Crippen LogP contribution in [0.2, 0.25) is 0 Å². The molecule has 2 N–H and O–H groups in total. The van der Waals surface area contributed by atoms with Gasteiger partial charge in [-0.1, -0.05) is 28.1 Å². The highest BCUT2D eigenvalue weighted by atomic mass is 79.9. The normalized spacial score (nSPS) is 12.1. The highest BCUT2D eigenvalue weighted by Gasteiger charge is 2.13. The summed E-state index contributed by atoms with van der Waals surface area (Å²) in [5, 5.41) is 11.7. The van der Waals surface area contributed by atoms with Gasteiger partial charge < -0.3 is 14.8 Å². The van der Waals surface area contributed by atoms with E-state index in [4.69, 9.17) is 9.52 Å². The number of benzene rings is 1. The minimum atomic E-state index is -1.11. The lowest BCUT2D eigenvalue weighted by atomic mass is 10.1. The van der Waals surface area contributed by atoms with Gasteiger partial charge in [0.25, 0.3) is 6.01 Å². The van der Waals surface area contributed by atoms with Crippen LogP contribution >= 0.6 is 15.9 Å². The first-order chi connectivity index (χ1) is 8.56. The second-order valence-corrected chi connectivity index (χ2v) is 4.68. The number of nitrogens with one attached hydrogen (secondary N) is 1. The number of hydrogen-bond acceptors (Lipinski definition) is 4. The third-order valence-electron chi connectivity index (χ3n) is 2.41. The number of oxazole rings is 1. The number of carboxylic acid groups (broad SMARTS) is 1. The number of aromatic nitrogens is 1. The maximum absolute atomic E-state index is 10.7. The molecule has 6 heteroatoms. The van der Waals surface area contributed by atoms with E-state index in [1.165, 1.54) is 0 Å². The van der Waals surface area contributed by atoms with Gasteiger partial charge in [-0.25, -0.2) is 4.79 Å². The summed E-state index contributed by atoms with van der Waals surface area (Å²) in [6, 6.07) is 7.95. The van der Waals surface area contributed by atoms with Gasteiger partial charge in [-0.05, 0) is 24.6 Å². The van der Waals surface area contributed by atoms with Gasteiger partial charge in [0.15, 0.2) is 5.69 Å². The van der Waals surface area contributed by atoms with Crippen molar-refractivity contribution in [1.29, 1.82) is 0 Å². The molecule has 1 unspecified atom stereocenters. The Bertz CT molecular complexity index is 568. The second-order valence-electron chi connectivity index (χ2n) is 3.76. The van der Waals surface area contributed by atoms with Crippen LogP contribution in [0.5, 0.6) is 0 Å². The van der Waals surface area contributed by atoms with Crippen LogP contribution in [0.3, 0.4) is 0 Å². The summed E-state index contributed by atoms with van der Waals surface area (Å²) in [7, 11) is 0. The first kappa shape index (κ1) is 12.6. The van der Waals surface area contributed by atoms with Crippen molar-refractivity contribution < 1.29 is 14.3 Å². The largest absolute Gasteiger partial charge is 0.476 e. The molecule has 2 rings (SSSR count). The predicted molar refractivity (Wildman–Crippen MR) is 69.6 cm³/mol. The van der Waals surface area contributed by atoms with Crippen molar-refractivity contribution in [1.82, 2.24) is 4.98 Å². The Morgan fingerprint density at radius 3 is 2.94 bits per heavy atom. The maximum atomic E-state index is 10.7. The van der Waals surface area contributed by atoms with Gasteiger partial charge in [-0.15, -0.1) is 0 Å². The van der Waals surface area contributed by atoms with Crippen LogP contribution in [0.25, 0.3) is 0 Å². The lowest BCUT2D eigenvalue weighted by Crippen LogP contribution is -2.07. The van der Waals surface area contributed by atoms with Crippen LogP contribution in [0.15, 0.2) is 39.4 Å². The Kier molecular flexibility index (Phi) is 3.66. The zero-order valence-electron chi connectivity index (χ0n) is 9.55. The van der Waals surface area contributed by atoms with Crippen molar-refractivity contribution in [2.24, 2.45) is 0 Å². The summed E-state index contributed by atoms with van der Waals surface area (Å²) in [6.45, 7) is 1.94. The Morgan fingerprint density at radius 1 is 1.56 bits per heavy atom. The molecule has 0 saturated carbocycles. The molecule has 1 aromatic heterocycles. The van der Waals surface area contributed by atoms with Gasteiger partial charge in [0.1, 0.15) is 6.26 Å². The average molecular weight is 311 g/mol. The molecule has 1 heterocycles. The van der Waals surface area contributed by atoms with Crippen molar-refractivity contribution in [2.75, 3.05) is 5.32 Å². The number of aromatic carboxylic acids is 1. The van der Waals surface area contributed by atoms with E-state index < -0.39 is 5.97 Å². The highest BCUT2D eigenvalue weighted by Crippen LogP contribution is 2.21. The zero-order chi connectivity index (χ0) is 13.1. The minimum Gasteiger partial charge on any atom is -0.476 e. The van der Waals surface area contributed by atoms with Gasteiger partial charge in [0, 0.05) is 4.47 Å². The molecule has 2 aromatic rings. The summed E-state index contributed by atoms with van der Waals surface area (Å²) in [5.74, 6) is -1.11. The fourth-order valence-electron chi connectivity index (χ4n) is 1.48. The van der Waals surface area contributed by atoms with Gasteiger partial charge >= 0.3 is 5.97 Å². The summed E-state index contributed by atoms with van der Waals surface area (Å²) in [5.41, 5.74) is 0.929. The molecule has 0 spiro atoms. The molecule has 0 bridgehead atoms. The summed E-state index contributed by atoms with van der Waals surface area (Å²) >= 11 is 3.39. The van der Waals surface area contributed by atoms with Crippen LogP contribution in [0.4, 0.5) is 6.01 Å². The number of carboxylic acids is 1. The van der Waals surface area contributed by atoms with E-state index in [0.717, 1.165) is 16.3 Å². The van der Waals surface area contributed by atoms with E-state index in [2.05, 4.69) is 26.2 Å². The van der Waals surface area contributed by atoms with Crippen molar-refractivity contribution in [3.8, 4) is 0 Å².